The van der Waals surface area contributed by atoms with Crippen molar-refractivity contribution in [1.82, 2.24) is 20.0 Å². The molecule has 1 saturated heterocycles. The van der Waals surface area contributed by atoms with Crippen molar-refractivity contribution in [2.24, 2.45) is 10.9 Å². The highest BCUT2D eigenvalue weighted by Gasteiger charge is 2.35. The van der Waals surface area contributed by atoms with Gasteiger partial charge in [-0.15, -0.1) is 11.3 Å². The van der Waals surface area contributed by atoms with Crippen LogP contribution in [0.25, 0.3) is 5.70 Å². The van der Waals surface area contributed by atoms with E-state index in [4.69, 9.17) is 14.5 Å². The molecule has 9 nitrogen and oxygen atoms in total. The van der Waals surface area contributed by atoms with Crippen molar-refractivity contribution in [3.63, 3.8) is 0 Å². The zero-order valence-corrected chi connectivity index (χ0v) is 24.2. The largest absolute Gasteiger partial charge is 0.444 e. The zero-order valence-electron chi connectivity index (χ0n) is 23.4. The number of amidine groups is 1. The van der Waals surface area contributed by atoms with E-state index in [2.05, 4.69) is 34.2 Å². The Bertz CT molecular complexity index is 1160. The second kappa shape index (κ2) is 10.8. The lowest BCUT2D eigenvalue weighted by molar-refractivity contribution is 0.0186. The van der Waals surface area contributed by atoms with Crippen molar-refractivity contribution in [2.75, 3.05) is 26.2 Å². The Morgan fingerprint density at radius 3 is 2.32 bits per heavy atom. The second-order valence-electron chi connectivity index (χ2n) is 11.5. The summed E-state index contributed by atoms with van der Waals surface area (Å²) in [5.41, 5.74) is 1.59. The van der Waals surface area contributed by atoms with E-state index < -0.39 is 17.3 Å². The van der Waals surface area contributed by atoms with E-state index in [9.17, 15) is 9.59 Å². The number of hydrogen-bond acceptors (Lipinski definition) is 8. The van der Waals surface area contributed by atoms with Crippen molar-refractivity contribution >= 4 is 35.1 Å². The van der Waals surface area contributed by atoms with E-state index in [0.29, 0.717) is 26.2 Å². The predicted octanol–water partition coefficient (Wildman–Crippen LogP) is 5.60. The average Bonchev–Trinajstić information content (AvgIpc) is 3.35. The summed E-state index contributed by atoms with van der Waals surface area (Å²) in [5, 5.41) is 5.02. The minimum absolute atomic E-state index is 0.00953. The number of nitrogens with one attached hydrogen (secondary N) is 1. The number of carbonyl (C=O) groups is 2. The van der Waals surface area contributed by atoms with Crippen molar-refractivity contribution in [1.29, 1.82) is 0 Å². The Balaban J connectivity index is 1.58. The maximum Gasteiger partial charge on any atom is 0.411 e. The molecule has 206 valence electrons. The third kappa shape index (κ3) is 6.59. The van der Waals surface area contributed by atoms with E-state index >= 15 is 0 Å². The van der Waals surface area contributed by atoms with Gasteiger partial charge in [-0.2, -0.15) is 0 Å². The summed E-state index contributed by atoms with van der Waals surface area (Å²) in [6, 6.07) is 4.08. The van der Waals surface area contributed by atoms with Gasteiger partial charge in [-0.05, 0) is 65.5 Å². The van der Waals surface area contributed by atoms with Crippen LogP contribution in [-0.2, 0) is 9.47 Å². The lowest BCUT2D eigenvalue weighted by Gasteiger charge is -2.42. The van der Waals surface area contributed by atoms with Gasteiger partial charge in [-0.1, -0.05) is 13.0 Å². The number of fused-ring (bicyclic) bond motifs is 1. The molecule has 38 heavy (non-hydrogen) atoms. The Labute approximate surface area is 229 Å². The zero-order chi connectivity index (χ0) is 27.7. The average molecular weight is 542 g/mol. The van der Waals surface area contributed by atoms with Crippen molar-refractivity contribution in [3.05, 3.63) is 52.3 Å². The summed E-state index contributed by atoms with van der Waals surface area (Å²) < 4.78 is 11.1. The fraction of sp³-hybridized carbons (Fsp3) is 0.536. The van der Waals surface area contributed by atoms with Crippen LogP contribution in [0, 0.1) is 5.92 Å². The molecule has 2 amide bonds. The van der Waals surface area contributed by atoms with Gasteiger partial charge in [0.25, 0.3) is 0 Å². The smallest absolute Gasteiger partial charge is 0.411 e. The highest BCUT2D eigenvalue weighted by atomic mass is 32.1. The summed E-state index contributed by atoms with van der Waals surface area (Å²) in [6.07, 6.45) is 6.10. The standard InChI is InChI=1S/C28H39N5O4S/c1-8-19-16-21-24(31-11-13-32(14-12-31)26(35)37-28(5,6)7)29-17-22(23-10-9-15-38-23)33(21)18-20(19)30-25(34)36-27(2,3)4/h9-10,15-19H,8,11-14H2,1-7H3,(H,30,34). The van der Waals surface area contributed by atoms with Gasteiger partial charge < -0.3 is 24.2 Å². The molecule has 1 fully saturated rings. The number of aliphatic imine (C=N–C) groups is 1. The first-order chi connectivity index (χ1) is 17.8. The molecule has 4 rings (SSSR count). The van der Waals surface area contributed by atoms with Crippen LogP contribution in [0.4, 0.5) is 9.59 Å². The monoisotopic (exact) mass is 541 g/mol. The van der Waals surface area contributed by atoms with Crippen LogP contribution in [0.5, 0.6) is 0 Å². The predicted molar refractivity (Wildman–Crippen MR) is 150 cm³/mol. The summed E-state index contributed by atoms with van der Waals surface area (Å²) in [6.45, 7) is 15.7. The quantitative estimate of drug-likeness (QED) is 0.536. The molecule has 0 aliphatic carbocycles. The Kier molecular flexibility index (Phi) is 7.92. The molecule has 0 spiro atoms. The highest BCUT2D eigenvalue weighted by Crippen LogP contribution is 2.37. The van der Waals surface area contributed by atoms with Crippen LogP contribution in [0.1, 0.15) is 59.8 Å². The van der Waals surface area contributed by atoms with Crippen LogP contribution in [-0.4, -0.2) is 70.1 Å². The highest BCUT2D eigenvalue weighted by molar-refractivity contribution is 7.11. The number of ether oxygens (including phenoxy) is 2. The Morgan fingerprint density at radius 1 is 1.05 bits per heavy atom. The molecule has 0 saturated carbocycles. The molecule has 0 aromatic carbocycles. The van der Waals surface area contributed by atoms with Gasteiger partial charge in [0.2, 0.25) is 0 Å². The number of nitrogens with zero attached hydrogens (tertiary/aromatic N) is 4. The third-order valence-electron chi connectivity index (χ3n) is 6.17. The SMILES string of the molecule is CCC1C=C2C(N3CCN(C(=O)OC(C)(C)C)CC3)=NC=C(c3cccs3)N2C=C1NC(=O)OC(C)(C)C. The first kappa shape index (κ1) is 27.8. The van der Waals surface area contributed by atoms with Crippen LogP contribution < -0.4 is 5.32 Å². The molecule has 10 heteroatoms. The number of rotatable bonds is 3. The first-order valence-electron chi connectivity index (χ1n) is 13.1. The van der Waals surface area contributed by atoms with Gasteiger partial charge in [-0.25, -0.2) is 14.6 Å². The molecule has 1 unspecified atom stereocenters. The first-order valence-corrected chi connectivity index (χ1v) is 14.0. The molecule has 4 heterocycles. The van der Waals surface area contributed by atoms with Gasteiger partial charge in [-0.3, -0.25) is 5.32 Å². The molecule has 0 radical (unpaired) electrons. The van der Waals surface area contributed by atoms with Crippen LogP contribution >= 0.6 is 11.3 Å². The fourth-order valence-corrected chi connectivity index (χ4v) is 5.19. The normalized spacial score (nSPS) is 20.1. The van der Waals surface area contributed by atoms with Gasteiger partial charge in [0.1, 0.15) is 11.2 Å². The maximum absolute atomic E-state index is 12.6. The minimum atomic E-state index is -0.587. The van der Waals surface area contributed by atoms with E-state index in [0.717, 1.165) is 34.2 Å². The molecule has 1 N–H and O–H groups in total. The van der Waals surface area contributed by atoms with Crippen molar-refractivity contribution in [3.8, 4) is 0 Å². The molecule has 1 aromatic heterocycles. The number of amides is 2. The summed E-state index contributed by atoms with van der Waals surface area (Å²) in [4.78, 5) is 37.3. The lowest BCUT2D eigenvalue weighted by atomic mass is 9.96. The Hall–Kier alpha value is -3.27. The topological polar surface area (TPSA) is 86.7 Å². The molecular formula is C28H39N5O4S. The fourth-order valence-electron chi connectivity index (χ4n) is 4.46. The molecule has 1 atom stereocenters. The molecule has 1 aromatic rings. The summed E-state index contributed by atoms with van der Waals surface area (Å²) >= 11 is 1.64. The van der Waals surface area contributed by atoms with Crippen molar-refractivity contribution in [2.45, 2.75) is 66.1 Å². The lowest BCUT2D eigenvalue weighted by Crippen LogP contribution is -2.53. The summed E-state index contributed by atoms with van der Waals surface area (Å²) in [5.74, 6) is 0.852. The van der Waals surface area contributed by atoms with E-state index in [1.54, 1.807) is 16.2 Å². The number of carbonyl (C=O) groups excluding carboxylic acids is 2. The van der Waals surface area contributed by atoms with Gasteiger partial charge in [0.05, 0.1) is 22.5 Å². The maximum atomic E-state index is 12.6. The van der Waals surface area contributed by atoms with E-state index in [1.807, 2.05) is 65.4 Å². The van der Waals surface area contributed by atoms with E-state index in [-0.39, 0.29) is 12.0 Å². The molecule has 0 bridgehead atoms. The van der Waals surface area contributed by atoms with E-state index in [1.165, 1.54) is 0 Å². The van der Waals surface area contributed by atoms with Crippen LogP contribution in [0.15, 0.2) is 52.4 Å². The number of allylic oxidation sites excluding steroid dienone is 1. The Morgan fingerprint density at radius 2 is 1.74 bits per heavy atom. The van der Waals surface area contributed by atoms with Crippen LogP contribution in [0.2, 0.25) is 0 Å². The van der Waals surface area contributed by atoms with Gasteiger partial charge in [0.15, 0.2) is 5.84 Å². The van der Waals surface area contributed by atoms with Gasteiger partial charge in [0, 0.05) is 44.0 Å². The molecule has 3 aliphatic rings. The molecule has 3 aliphatic heterocycles. The molecular weight excluding hydrogens is 502 g/mol. The van der Waals surface area contributed by atoms with Crippen LogP contribution in [0.3, 0.4) is 0 Å². The van der Waals surface area contributed by atoms with Crippen molar-refractivity contribution < 1.29 is 19.1 Å². The second-order valence-corrected chi connectivity index (χ2v) is 12.5. The number of piperazine rings is 1. The van der Waals surface area contributed by atoms with Gasteiger partial charge >= 0.3 is 12.2 Å². The number of thiophene rings is 1. The third-order valence-corrected chi connectivity index (χ3v) is 7.07. The summed E-state index contributed by atoms with van der Waals surface area (Å²) in [7, 11) is 0. The minimum Gasteiger partial charge on any atom is -0.444 e. The number of alkyl carbamates (subject to hydrolysis) is 1. The number of hydrogen-bond donors (Lipinski definition) is 1.